The first kappa shape index (κ1) is 13.4. The van der Waals surface area contributed by atoms with E-state index in [9.17, 15) is 4.79 Å². The van der Waals surface area contributed by atoms with E-state index >= 15 is 0 Å². The van der Waals surface area contributed by atoms with E-state index in [0.717, 1.165) is 12.8 Å². The number of hydrogen-bond donors (Lipinski definition) is 1. The lowest BCUT2D eigenvalue weighted by Crippen LogP contribution is -2.35. The average molecular weight is 226 g/mol. The first-order valence-corrected chi connectivity index (χ1v) is 6.09. The third kappa shape index (κ3) is 4.06. The molecule has 16 heavy (non-hydrogen) atoms. The summed E-state index contributed by atoms with van der Waals surface area (Å²) in [7, 11) is 0. The summed E-state index contributed by atoms with van der Waals surface area (Å²) in [6.07, 6.45) is 6.69. The van der Waals surface area contributed by atoms with Crippen LogP contribution in [0.3, 0.4) is 0 Å². The van der Waals surface area contributed by atoms with Crippen LogP contribution in [0, 0.1) is 5.92 Å². The molecule has 0 aromatic heterocycles. The largest absolute Gasteiger partial charge is 0.396 e. The van der Waals surface area contributed by atoms with E-state index in [1.54, 1.807) is 12.2 Å². The SMILES string of the molecule is CC=CC(=O)CC1CCC(C)C(CCO)O1. The molecule has 3 atom stereocenters. The standard InChI is InChI=1S/C13H22O3/c1-3-4-11(15)9-12-6-5-10(2)13(16-12)7-8-14/h3-4,10,12-14H,5-9H2,1-2H3. The molecule has 1 aliphatic heterocycles. The summed E-state index contributed by atoms with van der Waals surface area (Å²) in [6.45, 7) is 4.14. The Hall–Kier alpha value is -0.670. The fourth-order valence-corrected chi connectivity index (χ4v) is 2.19. The van der Waals surface area contributed by atoms with Gasteiger partial charge in [-0.2, -0.15) is 0 Å². The Morgan fingerprint density at radius 3 is 2.88 bits per heavy atom. The number of carbonyl (C=O) groups excluding carboxylic acids is 1. The smallest absolute Gasteiger partial charge is 0.157 e. The molecule has 1 aliphatic rings. The molecule has 1 fully saturated rings. The predicted molar refractivity (Wildman–Crippen MR) is 63.2 cm³/mol. The van der Waals surface area contributed by atoms with E-state index in [-0.39, 0.29) is 24.6 Å². The minimum absolute atomic E-state index is 0.0384. The highest BCUT2D eigenvalue weighted by Crippen LogP contribution is 2.28. The van der Waals surface area contributed by atoms with Crippen LogP contribution in [0.1, 0.15) is 39.5 Å². The quantitative estimate of drug-likeness (QED) is 0.730. The fraction of sp³-hybridized carbons (Fsp3) is 0.769. The van der Waals surface area contributed by atoms with Gasteiger partial charge in [0.25, 0.3) is 0 Å². The normalized spacial score (nSPS) is 30.8. The third-order valence-corrected chi connectivity index (χ3v) is 3.14. The molecule has 1 N–H and O–H groups in total. The topological polar surface area (TPSA) is 46.5 Å². The van der Waals surface area contributed by atoms with Gasteiger partial charge in [-0.15, -0.1) is 0 Å². The Bertz CT molecular complexity index is 248. The Morgan fingerprint density at radius 2 is 2.25 bits per heavy atom. The van der Waals surface area contributed by atoms with Gasteiger partial charge in [-0.3, -0.25) is 4.79 Å². The van der Waals surface area contributed by atoms with Gasteiger partial charge in [0.1, 0.15) is 0 Å². The van der Waals surface area contributed by atoms with Crippen molar-refractivity contribution in [3.8, 4) is 0 Å². The molecule has 0 spiro atoms. The summed E-state index contributed by atoms with van der Waals surface area (Å²) in [4.78, 5) is 11.4. The molecular weight excluding hydrogens is 204 g/mol. The lowest BCUT2D eigenvalue weighted by atomic mass is 9.90. The number of carbonyl (C=O) groups is 1. The predicted octanol–water partition coefficient (Wildman–Crippen LogP) is 2.09. The van der Waals surface area contributed by atoms with Crippen LogP contribution in [0.5, 0.6) is 0 Å². The molecule has 0 aliphatic carbocycles. The zero-order valence-corrected chi connectivity index (χ0v) is 10.2. The molecule has 3 unspecified atom stereocenters. The Morgan fingerprint density at radius 1 is 1.50 bits per heavy atom. The van der Waals surface area contributed by atoms with Crippen LogP contribution in [0.4, 0.5) is 0 Å². The number of rotatable bonds is 5. The lowest BCUT2D eigenvalue weighted by molar-refractivity contribution is -0.124. The maximum atomic E-state index is 11.4. The molecule has 0 aromatic carbocycles. The molecular formula is C13H22O3. The van der Waals surface area contributed by atoms with Crippen LogP contribution in [0.15, 0.2) is 12.2 Å². The van der Waals surface area contributed by atoms with Crippen molar-refractivity contribution >= 4 is 5.78 Å². The van der Waals surface area contributed by atoms with Gasteiger partial charge in [-0.25, -0.2) is 0 Å². The van der Waals surface area contributed by atoms with Gasteiger partial charge in [0.15, 0.2) is 5.78 Å². The summed E-state index contributed by atoms with van der Waals surface area (Å²) >= 11 is 0. The monoisotopic (exact) mass is 226 g/mol. The molecule has 0 amide bonds. The van der Waals surface area contributed by atoms with Crippen molar-refractivity contribution in [3.05, 3.63) is 12.2 Å². The van der Waals surface area contributed by atoms with Crippen molar-refractivity contribution in [1.82, 2.24) is 0 Å². The summed E-state index contributed by atoms with van der Waals surface area (Å²) in [6, 6.07) is 0. The second kappa shape index (κ2) is 6.81. The van der Waals surface area contributed by atoms with Gasteiger partial charge in [-0.1, -0.05) is 13.0 Å². The maximum Gasteiger partial charge on any atom is 0.157 e. The Labute approximate surface area is 97.5 Å². The van der Waals surface area contributed by atoms with Crippen molar-refractivity contribution in [3.63, 3.8) is 0 Å². The van der Waals surface area contributed by atoms with Crippen LogP contribution >= 0.6 is 0 Å². The zero-order chi connectivity index (χ0) is 12.0. The van der Waals surface area contributed by atoms with Crippen LogP contribution in [0.2, 0.25) is 0 Å². The molecule has 0 saturated carbocycles. The maximum absolute atomic E-state index is 11.4. The number of ether oxygens (including phenoxy) is 1. The molecule has 1 saturated heterocycles. The third-order valence-electron chi connectivity index (χ3n) is 3.14. The lowest BCUT2D eigenvalue weighted by Gasteiger charge is -2.34. The van der Waals surface area contributed by atoms with Crippen LogP contribution < -0.4 is 0 Å². The molecule has 92 valence electrons. The first-order valence-electron chi connectivity index (χ1n) is 6.09. The van der Waals surface area contributed by atoms with Crippen molar-refractivity contribution < 1.29 is 14.6 Å². The van der Waals surface area contributed by atoms with Crippen LogP contribution in [-0.4, -0.2) is 29.7 Å². The van der Waals surface area contributed by atoms with Gasteiger partial charge in [-0.05, 0) is 38.2 Å². The van der Waals surface area contributed by atoms with Crippen LogP contribution in [-0.2, 0) is 9.53 Å². The highest BCUT2D eigenvalue weighted by atomic mass is 16.5. The number of ketones is 1. The number of hydrogen-bond acceptors (Lipinski definition) is 3. The average Bonchev–Trinajstić information content (AvgIpc) is 2.24. The minimum Gasteiger partial charge on any atom is -0.396 e. The fourth-order valence-electron chi connectivity index (χ4n) is 2.19. The number of allylic oxidation sites excluding steroid dienone is 2. The Kier molecular flexibility index (Phi) is 5.71. The number of aliphatic hydroxyl groups excluding tert-OH is 1. The minimum atomic E-state index is 0.0384. The molecule has 3 nitrogen and oxygen atoms in total. The second-order valence-electron chi connectivity index (χ2n) is 4.53. The van der Waals surface area contributed by atoms with E-state index in [4.69, 9.17) is 9.84 Å². The Balaban J connectivity index is 2.42. The molecule has 3 heteroatoms. The van der Waals surface area contributed by atoms with E-state index in [1.807, 2.05) is 6.92 Å². The summed E-state index contributed by atoms with van der Waals surface area (Å²) in [5.41, 5.74) is 0. The first-order chi connectivity index (χ1) is 7.67. The highest BCUT2D eigenvalue weighted by molar-refractivity contribution is 5.89. The van der Waals surface area contributed by atoms with E-state index < -0.39 is 0 Å². The highest BCUT2D eigenvalue weighted by Gasteiger charge is 2.28. The van der Waals surface area contributed by atoms with Gasteiger partial charge < -0.3 is 9.84 Å². The van der Waals surface area contributed by atoms with Crippen molar-refractivity contribution in [2.45, 2.75) is 51.7 Å². The van der Waals surface area contributed by atoms with Gasteiger partial charge >= 0.3 is 0 Å². The van der Waals surface area contributed by atoms with Gasteiger partial charge in [0.2, 0.25) is 0 Å². The van der Waals surface area contributed by atoms with Crippen molar-refractivity contribution in [1.29, 1.82) is 0 Å². The van der Waals surface area contributed by atoms with Crippen LogP contribution in [0.25, 0.3) is 0 Å². The molecule has 1 heterocycles. The van der Waals surface area contributed by atoms with Crippen molar-refractivity contribution in [2.75, 3.05) is 6.61 Å². The zero-order valence-electron chi connectivity index (χ0n) is 10.2. The summed E-state index contributed by atoms with van der Waals surface area (Å²) in [5, 5.41) is 8.93. The molecule has 0 radical (unpaired) electrons. The molecule has 0 aromatic rings. The van der Waals surface area contributed by atoms with E-state index in [0.29, 0.717) is 18.8 Å². The van der Waals surface area contributed by atoms with Crippen molar-refractivity contribution in [2.24, 2.45) is 5.92 Å². The van der Waals surface area contributed by atoms with E-state index in [1.165, 1.54) is 0 Å². The van der Waals surface area contributed by atoms with Gasteiger partial charge in [0, 0.05) is 13.0 Å². The summed E-state index contributed by atoms with van der Waals surface area (Å²) < 4.78 is 5.84. The second-order valence-corrected chi connectivity index (χ2v) is 4.53. The molecule has 0 bridgehead atoms. The van der Waals surface area contributed by atoms with E-state index in [2.05, 4.69) is 6.92 Å². The van der Waals surface area contributed by atoms with Gasteiger partial charge in [0.05, 0.1) is 12.2 Å². The number of aliphatic hydroxyl groups is 1. The summed E-state index contributed by atoms with van der Waals surface area (Å²) in [5.74, 6) is 0.616. The molecule has 1 rings (SSSR count).